The van der Waals surface area contributed by atoms with E-state index in [2.05, 4.69) is 25.6 Å². The summed E-state index contributed by atoms with van der Waals surface area (Å²) in [7, 11) is 0. The van der Waals surface area contributed by atoms with Crippen LogP contribution in [-0.4, -0.2) is 39.9 Å². The zero-order valence-corrected chi connectivity index (χ0v) is 15.2. The predicted molar refractivity (Wildman–Crippen MR) is 105 cm³/mol. The van der Waals surface area contributed by atoms with Gasteiger partial charge in [0.15, 0.2) is 0 Å². The maximum atomic E-state index is 12.4. The molecule has 4 rings (SSSR count). The van der Waals surface area contributed by atoms with Crippen LogP contribution in [-0.2, 0) is 0 Å². The van der Waals surface area contributed by atoms with Gasteiger partial charge < -0.3 is 15.5 Å². The number of carbonyl (C=O) groups excluding carboxylic acids is 1. The van der Waals surface area contributed by atoms with Crippen LogP contribution >= 0.6 is 0 Å². The molecule has 0 aliphatic carbocycles. The first-order chi connectivity index (χ1) is 13.2. The molecular formula is C20H22N6O. The summed E-state index contributed by atoms with van der Waals surface area (Å²) in [5.74, 6) is 0.951. The Morgan fingerprint density at radius 3 is 2.85 bits per heavy atom. The number of amides is 2. The molecular weight excluding hydrogens is 340 g/mol. The van der Waals surface area contributed by atoms with Gasteiger partial charge in [-0.05, 0) is 55.3 Å². The fourth-order valence-corrected chi connectivity index (χ4v) is 3.32. The molecule has 3 aromatic rings. The summed E-state index contributed by atoms with van der Waals surface area (Å²) in [6, 6.07) is 13.5. The third-order valence-corrected chi connectivity index (χ3v) is 4.72. The van der Waals surface area contributed by atoms with E-state index in [4.69, 9.17) is 0 Å². The molecule has 1 aromatic carbocycles. The van der Waals surface area contributed by atoms with Gasteiger partial charge in [0.2, 0.25) is 0 Å². The van der Waals surface area contributed by atoms with Crippen LogP contribution in [0.5, 0.6) is 0 Å². The van der Waals surface area contributed by atoms with Crippen LogP contribution in [0.3, 0.4) is 0 Å². The van der Waals surface area contributed by atoms with Crippen LogP contribution in [0.15, 0.2) is 61.1 Å². The molecule has 2 aromatic heterocycles. The van der Waals surface area contributed by atoms with E-state index >= 15 is 0 Å². The predicted octanol–water partition coefficient (Wildman–Crippen LogP) is 2.98. The summed E-state index contributed by atoms with van der Waals surface area (Å²) < 4.78 is 1.79. The molecule has 138 valence electrons. The number of rotatable bonds is 4. The standard InChI is InChI=1S/C20H22N6O/c1-15-13-17(26-11-4-10-22-26)6-7-18(15)24-20(27)23-16-8-12-25(14-16)19-5-2-3-9-21-19/h2-7,9-11,13,16H,8,12,14H2,1H3,(H2,23,24,27)/t16-/m1/s1. The van der Waals surface area contributed by atoms with E-state index in [1.165, 1.54) is 0 Å². The Bertz CT molecular complexity index is 909. The lowest BCUT2D eigenvalue weighted by molar-refractivity contribution is 0.249. The van der Waals surface area contributed by atoms with E-state index < -0.39 is 0 Å². The summed E-state index contributed by atoms with van der Waals surface area (Å²) in [6.45, 7) is 3.63. The Morgan fingerprint density at radius 1 is 1.19 bits per heavy atom. The molecule has 1 saturated heterocycles. The van der Waals surface area contributed by atoms with Crippen LogP contribution < -0.4 is 15.5 Å². The highest BCUT2D eigenvalue weighted by molar-refractivity contribution is 5.90. The largest absolute Gasteiger partial charge is 0.354 e. The van der Waals surface area contributed by atoms with Crippen molar-refractivity contribution in [2.24, 2.45) is 0 Å². The smallest absolute Gasteiger partial charge is 0.319 e. The average molecular weight is 362 g/mol. The number of aromatic nitrogens is 3. The number of hydrogen-bond acceptors (Lipinski definition) is 4. The molecule has 27 heavy (non-hydrogen) atoms. The van der Waals surface area contributed by atoms with Crippen LogP contribution in [0.4, 0.5) is 16.3 Å². The Hall–Kier alpha value is -3.35. The number of aryl methyl sites for hydroxylation is 1. The molecule has 0 saturated carbocycles. The normalized spacial score (nSPS) is 16.3. The molecule has 2 N–H and O–H groups in total. The number of pyridine rings is 1. The third-order valence-electron chi connectivity index (χ3n) is 4.72. The van der Waals surface area contributed by atoms with Crippen molar-refractivity contribution < 1.29 is 4.79 Å². The number of nitrogens with zero attached hydrogens (tertiary/aromatic N) is 4. The summed E-state index contributed by atoms with van der Waals surface area (Å²) in [4.78, 5) is 19.0. The summed E-state index contributed by atoms with van der Waals surface area (Å²) >= 11 is 0. The summed E-state index contributed by atoms with van der Waals surface area (Å²) in [5.41, 5.74) is 2.74. The second-order valence-electron chi connectivity index (χ2n) is 6.67. The van der Waals surface area contributed by atoms with Crippen molar-refractivity contribution in [2.75, 3.05) is 23.3 Å². The zero-order valence-electron chi connectivity index (χ0n) is 15.2. The second-order valence-corrected chi connectivity index (χ2v) is 6.67. The van der Waals surface area contributed by atoms with Gasteiger partial charge in [-0.3, -0.25) is 0 Å². The molecule has 7 heteroatoms. The fourth-order valence-electron chi connectivity index (χ4n) is 3.32. The molecule has 1 atom stereocenters. The summed E-state index contributed by atoms with van der Waals surface area (Å²) in [5, 5.41) is 10.2. The number of benzene rings is 1. The van der Waals surface area contributed by atoms with E-state index in [1.807, 2.05) is 55.6 Å². The quantitative estimate of drug-likeness (QED) is 0.748. The number of nitrogens with one attached hydrogen (secondary N) is 2. The van der Waals surface area contributed by atoms with E-state index in [0.717, 1.165) is 42.3 Å². The molecule has 3 heterocycles. The Morgan fingerprint density at radius 2 is 2.11 bits per heavy atom. The highest BCUT2D eigenvalue weighted by Gasteiger charge is 2.24. The zero-order chi connectivity index (χ0) is 18.6. The van der Waals surface area contributed by atoms with Crippen LogP contribution in [0.2, 0.25) is 0 Å². The van der Waals surface area contributed by atoms with Crippen LogP contribution in [0, 0.1) is 6.92 Å². The highest BCUT2D eigenvalue weighted by atomic mass is 16.2. The maximum Gasteiger partial charge on any atom is 0.319 e. The summed E-state index contributed by atoms with van der Waals surface area (Å²) in [6.07, 6.45) is 6.33. The molecule has 0 spiro atoms. The van der Waals surface area contributed by atoms with Gasteiger partial charge in [-0.15, -0.1) is 0 Å². The molecule has 2 amide bonds. The molecule has 1 aliphatic heterocycles. The van der Waals surface area contributed by atoms with Crippen LogP contribution in [0.25, 0.3) is 5.69 Å². The minimum absolute atomic E-state index is 0.107. The molecule has 1 fully saturated rings. The topological polar surface area (TPSA) is 75.1 Å². The number of hydrogen-bond donors (Lipinski definition) is 2. The van der Waals surface area contributed by atoms with Gasteiger partial charge in [0.25, 0.3) is 0 Å². The SMILES string of the molecule is Cc1cc(-n2cccn2)ccc1NC(=O)N[C@@H]1CCN(c2ccccn2)C1. The minimum Gasteiger partial charge on any atom is -0.354 e. The van der Waals surface area contributed by atoms with Gasteiger partial charge in [-0.2, -0.15) is 5.10 Å². The highest BCUT2D eigenvalue weighted by Crippen LogP contribution is 2.20. The van der Waals surface area contributed by atoms with Gasteiger partial charge in [0.05, 0.1) is 5.69 Å². The van der Waals surface area contributed by atoms with Crippen LogP contribution in [0.1, 0.15) is 12.0 Å². The van der Waals surface area contributed by atoms with E-state index in [9.17, 15) is 4.79 Å². The van der Waals surface area contributed by atoms with Crippen molar-refractivity contribution in [3.8, 4) is 5.69 Å². The second kappa shape index (κ2) is 7.49. The van der Waals surface area contributed by atoms with E-state index in [1.54, 1.807) is 17.1 Å². The number of anilines is 2. The van der Waals surface area contributed by atoms with Gasteiger partial charge in [-0.1, -0.05) is 6.07 Å². The van der Waals surface area contributed by atoms with Crippen molar-refractivity contribution in [3.05, 3.63) is 66.6 Å². The first-order valence-electron chi connectivity index (χ1n) is 9.03. The number of urea groups is 1. The third kappa shape index (κ3) is 3.92. The fraction of sp³-hybridized carbons (Fsp3) is 0.250. The molecule has 0 radical (unpaired) electrons. The Balaban J connectivity index is 1.35. The first kappa shape index (κ1) is 17.1. The lowest BCUT2D eigenvalue weighted by atomic mass is 10.2. The molecule has 0 unspecified atom stereocenters. The Kier molecular flexibility index (Phi) is 4.74. The van der Waals surface area contributed by atoms with Crippen molar-refractivity contribution in [1.82, 2.24) is 20.1 Å². The average Bonchev–Trinajstić information content (AvgIpc) is 3.36. The van der Waals surface area contributed by atoms with Gasteiger partial charge in [0, 0.05) is 43.4 Å². The van der Waals surface area contributed by atoms with E-state index in [0.29, 0.717) is 0 Å². The molecule has 0 bridgehead atoms. The van der Waals surface area contributed by atoms with Crippen molar-refractivity contribution in [2.45, 2.75) is 19.4 Å². The Labute approximate surface area is 158 Å². The number of carbonyl (C=O) groups is 1. The van der Waals surface area contributed by atoms with Crippen molar-refractivity contribution in [3.63, 3.8) is 0 Å². The van der Waals surface area contributed by atoms with Gasteiger partial charge in [0.1, 0.15) is 5.82 Å². The van der Waals surface area contributed by atoms with Crippen molar-refractivity contribution in [1.29, 1.82) is 0 Å². The van der Waals surface area contributed by atoms with Gasteiger partial charge in [-0.25, -0.2) is 14.5 Å². The molecule has 1 aliphatic rings. The first-order valence-corrected chi connectivity index (χ1v) is 9.03. The van der Waals surface area contributed by atoms with Crippen molar-refractivity contribution >= 4 is 17.5 Å². The molecule has 7 nitrogen and oxygen atoms in total. The van der Waals surface area contributed by atoms with E-state index in [-0.39, 0.29) is 12.1 Å². The lowest BCUT2D eigenvalue weighted by Crippen LogP contribution is -2.39. The lowest BCUT2D eigenvalue weighted by Gasteiger charge is -2.18. The minimum atomic E-state index is -0.183. The monoisotopic (exact) mass is 362 g/mol. The maximum absolute atomic E-state index is 12.4. The van der Waals surface area contributed by atoms with Gasteiger partial charge >= 0.3 is 6.03 Å².